The van der Waals surface area contributed by atoms with Crippen LogP contribution in [-0.2, 0) is 9.53 Å². The fourth-order valence-corrected chi connectivity index (χ4v) is 3.17. The van der Waals surface area contributed by atoms with E-state index in [4.69, 9.17) is 16.3 Å². The Labute approximate surface area is 140 Å². The highest BCUT2D eigenvalue weighted by molar-refractivity contribution is 6.33. The van der Waals surface area contributed by atoms with Crippen LogP contribution in [0, 0.1) is 17.7 Å². The van der Waals surface area contributed by atoms with Gasteiger partial charge in [-0.2, -0.15) is 0 Å². The molecule has 0 aliphatic heterocycles. The normalized spacial score (nSPS) is 24.1. The minimum atomic E-state index is -0.937. The van der Waals surface area contributed by atoms with E-state index in [0.29, 0.717) is 11.8 Å². The van der Waals surface area contributed by atoms with Crippen LogP contribution in [0.4, 0.5) is 4.39 Å². The van der Waals surface area contributed by atoms with Crippen molar-refractivity contribution in [3.05, 3.63) is 34.6 Å². The van der Waals surface area contributed by atoms with E-state index in [1.54, 1.807) is 0 Å². The number of carbonyl (C=O) groups excluding carboxylic acids is 2. The first-order chi connectivity index (χ1) is 10.9. The predicted octanol–water partition coefficient (Wildman–Crippen LogP) is 3.58. The molecule has 6 heteroatoms. The number of esters is 1. The quantitative estimate of drug-likeness (QED) is 0.852. The molecule has 0 saturated heterocycles. The number of hydrogen-bond acceptors (Lipinski definition) is 3. The lowest BCUT2D eigenvalue weighted by Gasteiger charge is -2.34. The molecule has 1 aromatic carbocycles. The molecule has 0 radical (unpaired) electrons. The average Bonchev–Trinajstić information content (AvgIpc) is 2.49. The Morgan fingerprint density at radius 2 is 2.09 bits per heavy atom. The van der Waals surface area contributed by atoms with Crippen molar-refractivity contribution in [1.82, 2.24) is 5.32 Å². The van der Waals surface area contributed by atoms with Crippen LogP contribution in [0.25, 0.3) is 0 Å². The highest BCUT2D eigenvalue weighted by atomic mass is 35.5. The molecule has 0 spiro atoms. The van der Waals surface area contributed by atoms with Gasteiger partial charge in [0.05, 0.1) is 5.02 Å². The second-order valence-corrected chi connectivity index (χ2v) is 6.52. The molecule has 1 aliphatic rings. The van der Waals surface area contributed by atoms with Gasteiger partial charge in [0.25, 0.3) is 5.91 Å². The van der Waals surface area contributed by atoms with Gasteiger partial charge in [-0.15, -0.1) is 0 Å². The molecule has 1 aromatic rings. The maximum atomic E-state index is 13.6. The summed E-state index contributed by atoms with van der Waals surface area (Å²) in [4.78, 5) is 23.8. The molecular weight excluding hydrogens is 321 g/mol. The lowest BCUT2D eigenvalue weighted by Crippen LogP contribution is -2.45. The lowest BCUT2D eigenvalue weighted by molar-refractivity contribution is -0.125. The fourth-order valence-electron chi connectivity index (χ4n) is 2.93. The van der Waals surface area contributed by atoms with Crippen molar-refractivity contribution in [3.8, 4) is 0 Å². The van der Waals surface area contributed by atoms with Crippen LogP contribution in [0.3, 0.4) is 0 Å². The third-order valence-electron chi connectivity index (χ3n) is 4.55. The van der Waals surface area contributed by atoms with Crippen LogP contribution < -0.4 is 5.32 Å². The van der Waals surface area contributed by atoms with Gasteiger partial charge in [0.15, 0.2) is 6.61 Å². The molecular formula is C17H21ClFNO3. The summed E-state index contributed by atoms with van der Waals surface area (Å²) in [5.74, 6) is -1.15. The molecule has 1 N–H and O–H groups in total. The first-order valence-electron chi connectivity index (χ1n) is 7.80. The van der Waals surface area contributed by atoms with Gasteiger partial charge in [0, 0.05) is 6.04 Å². The van der Waals surface area contributed by atoms with Crippen molar-refractivity contribution in [2.24, 2.45) is 11.8 Å². The average molecular weight is 342 g/mol. The summed E-state index contributed by atoms with van der Waals surface area (Å²) in [6, 6.07) is 3.99. The minimum Gasteiger partial charge on any atom is -0.452 e. The first-order valence-corrected chi connectivity index (χ1v) is 8.18. The van der Waals surface area contributed by atoms with Gasteiger partial charge in [-0.25, -0.2) is 9.18 Å². The number of nitrogens with one attached hydrogen (secondary N) is 1. The van der Waals surface area contributed by atoms with Gasteiger partial charge < -0.3 is 10.1 Å². The molecule has 0 heterocycles. The Bertz CT molecular complexity index is 573. The van der Waals surface area contributed by atoms with E-state index < -0.39 is 18.4 Å². The molecule has 1 aliphatic carbocycles. The van der Waals surface area contributed by atoms with Crippen molar-refractivity contribution in [2.75, 3.05) is 6.61 Å². The Morgan fingerprint density at radius 1 is 1.35 bits per heavy atom. The number of benzene rings is 1. The van der Waals surface area contributed by atoms with Crippen molar-refractivity contribution >= 4 is 23.5 Å². The van der Waals surface area contributed by atoms with Gasteiger partial charge in [0.2, 0.25) is 0 Å². The molecule has 0 bridgehead atoms. The Kier molecular flexibility index (Phi) is 5.99. The fraction of sp³-hybridized carbons (Fsp3) is 0.529. The highest BCUT2D eigenvalue weighted by Gasteiger charge is 2.28. The molecule has 126 valence electrons. The topological polar surface area (TPSA) is 55.4 Å². The van der Waals surface area contributed by atoms with Crippen LogP contribution in [0.1, 0.15) is 43.5 Å². The van der Waals surface area contributed by atoms with E-state index >= 15 is 0 Å². The van der Waals surface area contributed by atoms with Gasteiger partial charge in [-0.05, 0) is 30.4 Å². The summed E-state index contributed by atoms with van der Waals surface area (Å²) in [5.41, 5.74) is -0.346. The Balaban J connectivity index is 1.88. The zero-order chi connectivity index (χ0) is 17.0. The van der Waals surface area contributed by atoms with E-state index in [9.17, 15) is 14.0 Å². The maximum absolute atomic E-state index is 13.6. The molecule has 3 atom stereocenters. The molecule has 23 heavy (non-hydrogen) atoms. The third-order valence-corrected chi connectivity index (χ3v) is 4.87. The van der Waals surface area contributed by atoms with Gasteiger partial charge in [-0.3, -0.25) is 4.79 Å². The zero-order valence-corrected chi connectivity index (χ0v) is 14.0. The Morgan fingerprint density at radius 3 is 2.78 bits per heavy atom. The molecule has 0 aromatic heterocycles. The van der Waals surface area contributed by atoms with Crippen LogP contribution in [0.2, 0.25) is 5.02 Å². The van der Waals surface area contributed by atoms with Crippen LogP contribution in [-0.4, -0.2) is 24.5 Å². The standard InChI is InChI=1S/C17H21ClFNO3/c1-10-5-3-8-14(11(10)2)20-15(21)9-23-17(22)16-12(18)6-4-7-13(16)19/h4,6-7,10-11,14H,3,5,8-9H2,1-2H3,(H,20,21)/t10-,11-,14+/m0/s1. The van der Waals surface area contributed by atoms with Gasteiger partial charge in [-0.1, -0.05) is 44.4 Å². The number of rotatable bonds is 4. The molecule has 4 nitrogen and oxygen atoms in total. The summed E-state index contributed by atoms with van der Waals surface area (Å²) in [6.07, 6.45) is 3.15. The van der Waals surface area contributed by atoms with E-state index in [0.717, 1.165) is 25.3 Å². The first kappa shape index (κ1) is 17.7. The summed E-state index contributed by atoms with van der Waals surface area (Å²) < 4.78 is 18.5. The number of carbonyl (C=O) groups is 2. The summed E-state index contributed by atoms with van der Waals surface area (Å²) in [5, 5.41) is 2.86. The molecule has 1 saturated carbocycles. The highest BCUT2D eigenvalue weighted by Crippen LogP contribution is 2.29. The Hall–Kier alpha value is -1.62. The van der Waals surface area contributed by atoms with Crippen molar-refractivity contribution in [1.29, 1.82) is 0 Å². The lowest BCUT2D eigenvalue weighted by atomic mass is 9.78. The molecule has 1 fully saturated rings. The largest absolute Gasteiger partial charge is 0.452 e. The smallest absolute Gasteiger partial charge is 0.343 e. The van der Waals surface area contributed by atoms with Gasteiger partial charge in [0.1, 0.15) is 11.4 Å². The monoisotopic (exact) mass is 341 g/mol. The molecule has 1 amide bonds. The zero-order valence-electron chi connectivity index (χ0n) is 13.3. The van der Waals surface area contributed by atoms with Crippen LogP contribution in [0.5, 0.6) is 0 Å². The van der Waals surface area contributed by atoms with Crippen molar-refractivity contribution in [2.45, 2.75) is 39.2 Å². The van der Waals surface area contributed by atoms with E-state index in [1.807, 2.05) is 0 Å². The number of amides is 1. The third kappa shape index (κ3) is 4.44. The minimum absolute atomic E-state index is 0.0369. The summed E-state index contributed by atoms with van der Waals surface area (Å²) >= 11 is 5.79. The molecule has 2 rings (SSSR count). The second kappa shape index (κ2) is 7.77. The SMILES string of the molecule is C[C@H]1[C@@H](C)CCC[C@H]1NC(=O)COC(=O)c1c(F)cccc1Cl. The second-order valence-electron chi connectivity index (χ2n) is 6.11. The van der Waals surface area contributed by atoms with E-state index in [2.05, 4.69) is 19.2 Å². The summed E-state index contributed by atoms with van der Waals surface area (Å²) in [7, 11) is 0. The number of hydrogen-bond donors (Lipinski definition) is 1. The molecule has 0 unspecified atom stereocenters. The number of halogens is 2. The maximum Gasteiger partial charge on any atom is 0.343 e. The van der Waals surface area contributed by atoms with Crippen molar-refractivity contribution < 1.29 is 18.7 Å². The van der Waals surface area contributed by atoms with Crippen LogP contribution in [0.15, 0.2) is 18.2 Å². The number of ether oxygens (including phenoxy) is 1. The van der Waals surface area contributed by atoms with Crippen LogP contribution >= 0.6 is 11.6 Å². The van der Waals surface area contributed by atoms with Crippen molar-refractivity contribution in [3.63, 3.8) is 0 Å². The predicted molar refractivity (Wildman–Crippen MR) is 85.8 cm³/mol. The summed E-state index contributed by atoms with van der Waals surface area (Å²) in [6.45, 7) is 3.84. The van der Waals surface area contributed by atoms with Gasteiger partial charge >= 0.3 is 5.97 Å². The van der Waals surface area contributed by atoms with E-state index in [1.165, 1.54) is 12.1 Å². The van der Waals surface area contributed by atoms with E-state index in [-0.39, 0.29) is 22.5 Å².